The SMILES string of the molecule is Cc1cc2c(cc1/C(=N\N)c1ccc(Br)cc1)C(C)(C)CCC2(C)C. The molecule has 3 rings (SSSR count). The van der Waals surface area contributed by atoms with Gasteiger partial charge >= 0.3 is 0 Å². The second kappa shape index (κ2) is 6.28. The molecule has 0 unspecified atom stereocenters. The Bertz CT molecular complexity index is 830. The number of hydrogen-bond donors (Lipinski definition) is 1. The highest BCUT2D eigenvalue weighted by atomic mass is 79.9. The maximum Gasteiger partial charge on any atom is 0.0974 e. The van der Waals surface area contributed by atoms with Gasteiger partial charge in [0.1, 0.15) is 0 Å². The summed E-state index contributed by atoms with van der Waals surface area (Å²) in [4.78, 5) is 0. The van der Waals surface area contributed by atoms with Crippen molar-refractivity contribution >= 4 is 21.6 Å². The number of hydrazone groups is 1. The summed E-state index contributed by atoms with van der Waals surface area (Å²) in [5, 5.41) is 4.15. The van der Waals surface area contributed by atoms with Gasteiger partial charge < -0.3 is 5.84 Å². The van der Waals surface area contributed by atoms with Crippen LogP contribution in [0.1, 0.15) is 68.4 Å². The molecule has 0 amide bonds. The van der Waals surface area contributed by atoms with Crippen molar-refractivity contribution in [1.82, 2.24) is 0 Å². The Kier molecular flexibility index (Phi) is 4.57. The van der Waals surface area contributed by atoms with E-state index in [2.05, 4.69) is 79.9 Å². The first-order valence-electron chi connectivity index (χ1n) is 8.85. The van der Waals surface area contributed by atoms with Crippen LogP contribution in [-0.2, 0) is 10.8 Å². The Hall–Kier alpha value is -1.61. The van der Waals surface area contributed by atoms with E-state index >= 15 is 0 Å². The number of nitrogens with zero attached hydrogens (tertiary/aromatic N) is 1. The molecule has 2 aromatic carbocycles. The third-order valence-electron chi connectivity index (χ3n) is 5.70. The fourth-order valence-corrected chi connectivity index (χ4v) is 4.15. The topological polar surface area (TPSA) is 38.4 Å². The smallest absolute Gasteiger partial charge is 0.0974 e. The summed E-state index contributed by atoms with van der Waals surface area (Å²) >= 11 is 3.49. The molecule has 0 aliphatic heterocycles. The molecular weight excluding hydrogens is 372 g/mol. The standard InChI is InChI=1S/C22H27BrN2/c1-14-12-18-19(22(4,5)11-10-21(18,2)3)13-17(14)20(25-24)15-6-8-16(23)9-7-15/h6-9,12-13H,10-11,24H2,1-5H3/b25-20-. The van der Waals surface area contributed by atoms with Crippen molar-refractivity contribution in [2.75, 3.05) is 0 Å². The summed E-state index contributed by atoms with van der Waals surface area (Å²) in [6.45, 7) is 11.6. The molecule has 2 N–H and O–H groups in total. The lowest BCUT2D eigenvalue weighted by Gasteiger charge is -2.42. The van der Waals surface area contributed by atoms with Crippen molar-refractivity contribution in [2.24, 2.45) is 10.9 Å². The Labute approximate surface area is 159 Å². The number of halogens is 1. The summed E-state index contributed by atoms with van der Waals surface area (Å²) in [6.07, 6.45) is 2.42. The second-order valence-corrected chi connectivity index (χ2v) is 9.38. The van der Waals surface area contributed by atoms with Crippen LogP contribution in [0.4, 0.5) is 0 Å². The zero-order chi connectivity index (χ0) is 18.4. The van der Waals surface area contributed by atoms with Crippen molar-refractivity contribution in [2.45, 2.75) is 58.3 Å². The monoisotopic (exact) mass is 398 g/mol. The average Bonchev–Trinajstić information content (AvgIpc) is 2.55. The molecule has 0 heterocycles. The molecule has 2 aromatic rings. The van der Waals surface area contributed by atoms with Crippen molar-refractivity contribution in [3.8, 4) is 0 Å². The van der Waals surface area contributed by atoms with Crippen LogP contribution >= 0.6 is 15.9 Å². The lowest BCUT2D eigenvalue weighted by molar-refractivity contribution is 0.331. The molecule has 3 heteroatoms. The molecule has 0 radical (unpaired) electrons. The highest BCUT2D eigenvalue weighted by Gasteiger charge is 2.37. The maximum absolute atomic E-state index is 5.82. The molecule has 0 bridgehead atoms. The normalized spacial score (nSPS) is 18.7. The molecule has 1 aliphatic carbocycles. The number of benzene rings is 2. The summed E-state index contributed by atoms with van der Waals surface area (Å²) < 4.78 is 1.05. The van der Waals surface area contributed by atoms with Crippen LogP contribution in [0, 0.1) is 6.92 Å². The van der Waals surface area contributed by atoms with Gasteiger partial charge in [-0.2, -0.15) is 5.10 Å². The number of aryl methyl sites for hydroxylation is 1. The predicted molar refractivity (Wildman–Crippen MR) is 110 cm³/mol. The van der Waals surface area contributed by atoms with Crippen LogP contribution in [0.3, 0.4) is 0 Å². The first kappa shape index (κ1) is 18.2. The quantitative estimate of drug-likeness (QED) is 0.386. The molecule has 25 heavy (non-hydrogen) atoms. The minimum absolute atomic E-state index is 0.173. The lowest BCUT2D eigenvalue weighted by Crippen LogP contribution is -2.34. The van der Waals surface area contributed by atoms with Crippen LogP contribution in [-0.4, -0.2) is 5.71 Å². The highest BCUT2D eigenvalue weighted by molar-refractivity contribution is 9.10. The molecule has 0 fully saturated rings. The van der Waals surface area contributed by atoms with E-state index in [1.165, 1.54) is 29.5 Å². The highest BCUT2D eigenvalue weighted by Crippen LogP contribution is 2.46. The Balaban J connectivity index is 2.19. The first-order valence-corrected chi connectivity index (χ1v) is 9.65. The zero-order valence-electron chi connectivity index (χ0n) is 15.8. The molecule has 0 spiro atoms. The van der Waals surface area contributed by atoms with Crippen molar-refractivity contribution in [1.29, 1.82) is 0 Å². The van der Waals surface area contributed by atoms with Crippen LogP contribution in [0.15, 0.2) is 46.0 Å². The summed E-state index contributed by atoms with van der Waals surface area (Å²) in [5.74, 6) is 5.82. The van der Waals surface area contributed by atoms with E-state index in [1.54, 1.807) is 0 Å². The van der Waals surface area contributed by atoms with Crippen molar-refractivity contribution < 1.29 is 0 Å². The molecule has 0 saturated heterocycles. The molecule has 132 valence electrons. The van der Waals surface area contributed by atoms with Gasteiger partial charge in [0.25, 0.3) is 0 Å². The van der Waals surface area contributed by atoms with Gasteiger partial charge in [0.15, 0.2) is 0 Å². The van der Waals surface area contributed by atoms with Crippen molar-refractivity contribution in [3.63, 3.8) is 0 Å². The van der Waals surface area contributed by atoms with E-state index < -0.39 is 0 Å². The minimum atomic E-state index is 0.173. The molecular formula is C22H27BrN2. The number of nitrogens with two attached hydrogens (primary N) is 1. The largest absolute Gasteiger partial charge is 0.323 e. The van der Waals surface area contributed by atoms with Crippen LogP contribution in [0.5, 0.6) is 0 Å². The number of hydrogen-bond acceptors (Lipinski definition) is 2. The van der Waals surface area contributed by atoms with E-state index in [4.69, 9.17) is 5.84 Å². The number of fused-ring (bicyclic) bond motifs is 1. The first-order chi connectivity index (χ1) is 11.7. The molecule has 1 aliphatic rings. The minimum Gasteiger partial charge on any atom is -0.323 e. The summed E-state index contributed by atoms with van der Waals surface area (Å²) in [5.41, 5.74) is 7.55. The third kappa shape index (κ3) is 3.27. The van der Waals surface area contributed by atoms with E-state index in [9.17, 15) is 0 Å². The Morgan fingerprint density at radius 3 is 2.00 bits per heavy atom. The van der Waals surface area contributed by atoms with E-state index in [-0.39, 0.29) is 10.8 Å². The summed E-state index contributed by atoms with van der Waals surface area (Å²) in [7, 11) is 0. The van der Waals surface area contributed by atoms with Gasteiger partial charge in [0.2, 0.25) is 0 Å². The molecule has 0 saturated carbocycles. The fraction of sp³-hybridized carbons (Fsp3) is 0.409. The predicted octanol–water partition coefficient (Wildman–Crippen LogP) is 5.82. The Morgan fingerprint density at radius 1 is 0.960 bits per heavy atom. The van der Waals surface area contributed by atoms with E-state index in [0.29, 0.717) is 0 Å². The lowest BCUT2D eigenvalue weighted by atomic mass is 9.62. The van der Waals surface area contributed by atoms with Crippen molar-refractivity contribution in [3.05, 3.63) is 68.7 Å². The van der Waals surface area contributed by atoms with E-state index in [1.807, 2.05) is 12.1 Å². The average molecular weight is 399 g/mol. The van der Waals surface area contributed by atoms with E-state index in [0.717, 1.165) is 21.3 Å². The molecule has 0 atom stereocenters. The fourth-order valence-electron chi connectivity index (χ4n) is 3.88. The number of rotatable bonds is 2. The van der Waals surface area contributed by atoms with Gasteiger partial charge in [-0.05, 0) is 65.5 Å². The molecule has 0 aromatic heterocycles. The Morgan fingerprint density at radius 2 is 1.48 bits per heavy atom. The second-order valence-electron chi connectivity index (χ2n) is 8.47. The summed E-state index contributed by atoms with van der Waals surface area (Å²) in [6, 6.07) is 12.9. The van der Waals surface area contributed by atoms with Gasteiger partial charge in [0.05, 0.1) is 5.71 Å². The van der Waals surface area contributed by atoms with Gasteiger partial charge in [-0.25, -0.2) is 0 Å². The third-order valence-corrected chi connectivity index (χ3v) is 6.23. The van der Waals surface area contributed by atoms with Crippen LogP contribution < -0.4 is 5.84 Å². The van der Waals surface area contributed by atoms with Gasteiger partial charge in [-0.1, -0.05) is 61.8 Å². The van der Waals surface area contributed by atoms with Gasteiger partial charge in [-0.15, -0.1) is 0 Å². The molecule has 2 nitrogen and oxygen atoms in total. The van der Waals surface area contributed by atoms with Crippen LogP contribution in [0.2, 0.25) is 0 Å². The zero-order valence-corrected chi connectivity index (χ0v) is 17.4. The van der Waals surface area contributed by atoms with Crippen LogP contribution in [0.25, 0.3) is 0 Å². The van der Waals surface area contributed by atoms with Gasteiger partial charge in [0, 0.05) is 15.6 Å². The van der Waals surface area contributed by atoms with Gasteiger partial charge in [-0.3, -0.25) is 0 Å². The maximum atomic E-state index is 5.82.